The van der Waals surface area contributed by atoms with Gasteiger partial charge in [0.2, 0.25) is 0 Å². The highest BCUT2D eigenvalue weighted by atomic mass is 35.5. The molecule has 0 unspecified atom stereocenters. The van der Waals surface area contributed by atoms with E-state index in [0.29, 0.717) is 18.7 Å². The molecule has 18 heavy (non-hydrogen) atoms. The summed E-state index contributed by atoms with van der Waals surface area (Å²) < 4.78 is 0. The fraction of sp³-hybridized carbons (Fsp3) is 0.545. The number of hydrogen-bond donors (Lipinski definition) is 1. The van der Waals surface area contributed by atoms with Crippen LogP contribution in [-0.4, -0.2) is 33.9 Å². The van der Waals surface area contributed by atoms with E-state index in [4.69, 9.17) is 28.3 Å². The van der Waals surface area contributed by atoms with E-state index in [2.05, 4.69) is 10.2 Å². The molecule has 5 nitrogen and oxygen atoms in total. The number of hydrogen-bond acceptors (Lipinski definition) is 4. The van der Waals surface area contributed by atoms with Crippen LogP contribution >= 0.6 is 23.2 Å². The molecule has 100 valence electrons. The molecule has 0 aliphatic carbocycles. The monoisotopic (exact) mass is 291 g/mol. The summed E-state index contributed by atoms with van der Waals surface area (Å²) in [5.41, 5.74) is 0.678. The van der Waals surface area contributed by atoms with Gasteiger partial charge in [-0.2, -0.15) is 0 Å². The molecule has 7 heteroatoms. The molecule has 0 bridgehead atoms. The average Bonchev–Trinajstić information content (AvgIpc) is 2.27. The van der Waals surface area contributed by atoms with Crippen molar-refractivity contribution in [2.45, 2.75) is 32.7 Å². The van der Waals surface area contributed by atoms with Crippen LogP contribution in [-0.2, 0) is 4.79 Å². The minimum atomic E-state index is -0.810. The zero-order chi connectivity index (χ0) is 13.7. The van der Waals surface area contributed by atoms with Crippen molar-refractivity contribution in [3.63, 3.8) is 0 Å². The van der Waals surface area contributed by atoms with Crippen molar-refractivity contribution < 1.29 is 9.90 Å². The molecule has 1 rings (SSSR count). The number of halogens is 2. The third-order valence-corrected chi connectivity index (χ3v) is 2.88. The van der Waals surface area contributed by atoms with Crippen molar-refractivity contribution in [1.82, 2.24) is 10.2 Å². The van der Waals surface area contributed by atoms with Gasteiger partial charge in [-0.15, -0.1) is 10.2 Å². The fourth-order valence-corrected chi connectivity index (χ4v) is 1.95. The van der Waals surface area contributed by atoms with Crippen LogP contribution in [0, 0.1) is 0 Å². The first-order chi connectivity index (χ1) is 8.41. The molecule has 0 aromatic carbocycles. The Labute approximate surface area is 116 Å². The largest absolute Gasteiger partial charge is 0.481 e. The Morgan fingerprint density at radius 1 is 1.44 bits per heavy atom. The van der Waals surface area contributed by atoms with Gasteiger partial charge in [-0.1, -0.05) is 23.2 Å². The van der Waals surface area contributed by atoms with Crippen LogP contribution < -0.4 is 4.90 Å². The quantitative estimate of drug-likeness (QED) is 0.873. The maximum absolute atomic E-state index is 10.5. The van der Waals surface area contributed by atoms with Crippen molar-refractivity contribution in [3.8, 4) is 0 Å². The zero-order valence-electron chi connectivity index (χ0n) is 10.2. The Kier molecular flexibility index (Phi) is 5.62. The van der Waals surface area contributed by atoms with Crippen LogP contribution in [0.4, 0.5) is 5.69 Å². The molecule has 0 saturated heterocycles. The predicted molar refractivity (Wildman–Crippen MR) is 71.4 cm³/mol. The fourth-order valence-electron chi connectivity index (χ4n) is 1.60. The highest BCUT2D eigenvalue weighted by Gasteiger charge is 2.16. The van der Waals surface area contributed by atoms with Gasteiger partial charge in [0.05, 0.1) is 5.69 Å². The number of carboxylic acid groups (broad SMARTS) is 1. The van der Waals surface area contributed by atoms with Gasteiger partial charge in [0.15, 0.2) is 10.3 Å². The third kappa shape index (κ3) is 4.31. The van der Waals surface area contributed by atoms with Crippen LogP contribution in [0.3, 0.4) is 0 Å². The van der Waals surface area contributed by atoms with E-state index in [0.717, 1.165) is 0 Å². The van der Waals surface area contributed by atoms with Gasteiger partial charge in [-0.05, 0) is 20.3 Å². The van der Waals surface area contributed by atoms with Crippen molar-refractivity contribution in [3.05, 3.63) is 16.4 Å². The van der Waals surface area contributed by atoms with Crippen LogP contribution in [0.2, 0.25) is 10.3 Å². The second-order valence-corrected chi connectivity index (χ2v) is 4.87. The number of carbonyl (C=O) groups is 1. The van der Waals surface area contributed by atoms with Crippen molar-refractivity contribution >= 4 is 34.9 Å². The molecule has 0 saturated carbocycles. The van der Waals surface area contributed by atoms with E-state index in [1.165, 1.54) is 0 Å². The molecule has 0 spiro atoms. The predicted octanol–water partition coefficient (Wildman–Crippen LogP) is 2.86. The van der Waals surface area contributed by atoms with Crippen LogP contribution in [0.15, 0.2) is 6.07 Å². The first kappa shape index (κ1) is 15.0. The molecule has 0 radical (unpaired) electrons. The van der Waals surface area contributed by atoms with Crippen LogP contribution in [0.1, 0.15) is 26.7 Å². The minimum absolute atomic E-state index is 0.118. The molecule has 1 heterocycles. The van der Waals surface area contributed by atoms with Gasteiger partial charge in [0.25, 0.3) is 0 Å². The SMILES string of the molecule is CC(C)N(CCCC(=O)O)c1cc(Cl)nnc1Cl. The van der Waals surface area contributed by atoms with Gasteiger partial charge < -0.3 is 10.0 Å². The third-order valence-electron chi connectivity index (χ3n) is 2.42. The van der Waals surface area contributed by atoms with E-state index in [9.17, 15) is 4.79 Å². The lowest BCUT2D eigenvalue weighted by Crippen LogP contribution is -2.32. The topological polar surface area (TPSA) is 66.3 Å². The summed E-state index contributed by atoms with van der Waals surface area (Å²) >= 11 is 11.8. The van der Waals surface area contributed by atoms with Gasteiger partial charge in [-0.3, -0.25) is 4.79 Å². The summed E-state index contributed by atoms with van der Waals surface area (Å²) in [5, 5.41) is 16.6. The molecule has 1 aromatic rings. The van der Waals surface area contributed by atoms with E-state index in [1.807, 2.05) is 18.7 Å². The first-order valence-electron chi connectivity index (χ1n) is 5.59. The Hall–Kier alpha value is -1.07. The maximum Gasteiger partial charge on any atom is 0.303 e. The normalized spacial score (nSPS) is 10.7. The number of carboxylic acids is 1. The second-order valence-electron chi connectivity index (χ2n) is 4.13. The lowest BCUT2D eigenvalue weighted by atomic mass is 10.2. The standard InChI is InChI=1S/C11H15Cl2N3O2/c1-7(2)16(5-3-4-10(17)18)8-6-9(12)14-15-11(8)13/h6-7H,3-5H2,1-2H3,(H,17,18). The summed E-state index contributed by atoms with van der Waals surface area (Å²) in [6, 6.07) is 1.80. The molecular weight excluding hydrogens is 277 g/mol. The van der Waals surface area contributed by atoms with E-state index >= 15 is 0 Å². The van der Waals surface area contributed by atoms with Gasteiger partial charge in [0.1, 0.15) is 0 Å². The van der Waals surface area contributed by atoms with Crippen LogP contribution in [0.25, 0.3) is 0 Å². The van der Waals surface area contributed by atoms with Gasteiger partial charge in [-0.25, -0.2) is 0 Å². The molecule has 0 aliphatic rings. The van der Waals surface area contributed by atoms with Crippen molar-refractivity contribution in [2.24, 2.45) is 0 Å². The Morgan fingerprint density at radius 3 is 2.67 bits per heavy atom. The first-order valence-corrected chi connectivity index (χ1v) is 6.34. The maximum atomic E-state index is 10.5. The zero-order valence-corrected chi connectivity index (χ0v) is 11.7. The van der Waals surface area contributed by atoms with E-state index < -0.39 is 5.97 Å². The lowest BCUT2D eigenvalue weighted by Gasteiger charge is -2.29. The molecular formula is C11H15Cl2N3O2. The van der Waals surface area contributed by atoms with Crippen molar-refractivity contribution in [1.29, 1.82) is 0 Å². The molecule has 0 atom stereocenters. The number of aliphatic carboxylic acids is 1. The number of nitrogens with zero attached hydrogens (tertiary/aromatic N) is 3. The smallest absolute Gasteiger partial charge is 0.303 e. The van der Waals surface area contributed by atoms with E-state index in [-0.39, 0.29) is 22.8 Å². The number of anilines is 1. The van der Waals surface area contributed by atoms with Gasteiger partial charge >= 0.3 is 5.97 Å². The molecule has 1 aromatic heterocycles. The Morgan fingerprint density at radius 2 is 2.11 bits per heavy atom. The molecule has 0 fully saturated rings. The van der Waals surface area contributed by atoms with Crippen molar-refractivity contribution in [2.75, 3.05) is 11.4 Å². The van der Waals surface area contributed by atoms with Gasteiger partial charge in [0, 0.05) is 25.1 Å². The molecule has 1 N–H and O–H groups in total. The highest BCUT2D eigenvalue weighted by Crippen LogP contribution is 2.27. The number of rotatable bonds is 6. The summed E-state index contributed by atoms with van der Waals surface area (Å²) in [7, 11) is 0. The highest BCUT2D eigenvalue weighted by molar-refractivity contribution is 6.33. The van der Waals surface area contributed by atoms with E-state index in [1.54, 1.807) is 6.07 Å². The summed E-state index contributed by atoms with van der Waals surface area (Å²) in [6.07, 6.45) is 0.650. The lowest BCUT2D eigenvalue weighted by molar-refractivity contribution is -0.137. The van der Waals surface area contributed by atoms with Crippen LogP contribution in [0.5, 0.6) is 0 Å². The summed E-state index contributed by atoms with van der Waals surface area (Å²) in [6.45, 7) is 4.56. The second kappa shape index (κ2) is 6.75. The Balaban J connectivity index is 2.83. The Bertz CT molecular complexity index is 427. The molecule has 0 amide bonds. The number of aromatic nitrogens is 2. The molecule has 0 aliphatic heterocycles. The minimum Gasteiger partial charge on any atom is -0.481 e. The average molecular weight is 292 g/mol. The summed E-state index contributed by atoms with van der Waals surface area (Å²) in [5.74, 6) is -0.810. The summed E-state index contributed by atoms with van der Waals surface area (Å²) in [4.78, 5) is 12.5.